The maximum absolute atomic E-state index is 6.54. The summed E-state index contributed by atoms with van der Waals surface area (Å²) in [6.45, 7) is 15.8. The van der Waals surface area contributed by atoms with Gasteiger partial charge < -0.3 is 4.43 Å². The Labute approximate surface area is 118 Å². The summed E-state index contributed by atoms with van der Waals surface area (Å²) in [7, 11) is -1.78. The third-order valence-corrected chi connectivity index (χ3v) is 8.81. The van der Waals surface area contributed by atoms with Crippen LogP contribution >= 0.6 is 0 Å². The highest BCUT2D eigenvalue weighted by molar-refractivity contribution is 6.74. The van der Waals surface area contributed by atoms with E-state index in [1.54, 1.807) is 0 Å². The Hall–Kier alpha value is -1.15. The smallest absolute Gasteiger partial charge is 0.239 e. The number of aryl methyl sites for hydroxylation is 2. The Morgan fingerprint density at radius 3 is 2.37 bits per heavy atom. The van der Waals surface area contributed by atoms with Crippen molar-refractivity contribution in [1.82, 2.24) is 0 Å². The fourth-order valence-electron chi connectivity index (χ4n) is 2.18. The first-order chi connectivity index (χ1) is 8.63. The number of hydrogen-bond acceptors (Lipinski definition) is 1. The van der Waals surface area contributed by atoms with Gasteiger partial charge in [-0.15, -0.1) is 17.5 Å². The molecular weight excluding hydrogens is 248 g/mol. The van der Waals surface area contributed by atoms with Crippen molar-refractivity contribution in [1.29, 1.82) is 0 Å². The minimum absolute atomic E-state index is 0.229. The summed E-state index contributed by atoms with van der Waals surface area (Å²) in [6.07, 6.45) is 0. The molecule has 19 heavy (non-hydrogen) atoms. The van der Waals surface area contributed by atoms with Crippen LogP contribution in [0.1, 0.15) is 31.9 Å². The van der Waals surface area contributed by atoms with Crippen LogP contribution in [0.2, 0.25) is 18.1 Å². The standard InChI is InChI=1S/C17H25OSi/c1-12-11-14-9-8-10-15(14)13(2)16(12)18-19(6,7)17(3,4)5/h8-11H,1-7H3/q-1. The van der Waals surface area contributed by atoms with E-state index in [9.17, 15) is 0 Å². The quantitative estimate of drug-likeness (QED) is 0.514. The van der Waals surface area contributed by atoms with Crippen molar-refractivity contribution in [3.63, 3.8) is 0 Å². The Bertz CT molecular complexity index is 599. The molecule has 104 valence electrons. The van der Waals surface area contributed by atoms with Crippen LogP contribution in [0.5, 0.6) is 5.75 Å². The van der Waals surface area contributed by atoms with Crippen LogP contribution in [0.4, 0.5) is 0 Å². The lowest BCUT2D eigenvalue weighted by Gasteiger charge is -2.39. The molecule has 0 fully saturated rings. The van der Waals surface area contributed by atoms with Crippen LogP contribution in [0.15, 0.2) is 24.3 Å². The lowest BCUT2D eigenvalue weighted by Crippen LogP contribution is -2.44. The highest BCUT2D eigenvalue weighted by Crippen LogP contribution is 2.40. The van der Waals surface area contributed by atoms with Gasteiger partial charge in [-0.2, -0.15) is 12.1 Å². The zero-order chi connectivity index (χ0) is 14.4. The average molecular weight is 273 g/mol. The Morgan fingerprint density at radius 2 is 1.79 bits per heavy atom. The SMILES string of the molecule is Cc1cc2ccc[c-]2c(C)c1O[Si](C)(C)C(C)(C)C. The van der Waals surface area contributed by atoms with Gasteiger partial charge >= 0.3 is 0 Å². The van der Waals surface area contributed by atoms with Gasteiger partial charge in [0.1, 0.15) is 0 Å². The summed E-state index contributed by atoms with van der Waals surface area (Å²) >= 11 is 0. The second-order valence-corrected chi connectivity index (χ2v) is 11.8. The largest absolute Gasteiger partial charge is 0.577 e. The molecule has 0 saturated carbocycles. The van der Waals surface area contributed by atoms with E-state index in [1.165, 1.54) is 21.9 Å². The molecule has 0 aliphatic rings. The van der Waals surface area contributed by atoms with Crippen molar-refractivity contribution in [3.8, 4) is 5.75 Å². The predicted octanol–water partition coefficient (Wildman–Crippen LogP) is 5.56. The van der Waals surface area contributed by atoms with Crippen molar-refractivity contribution >= 4 is 19.1 Å². The van der Waals surface area contributed by atoms with Crippen molar-refractivity contribution in [2.24, 2.45) is 0 Å². The fourth-order valence-corrected chi connectivity index (χ4v) is 3.31. The van der Waals surface area contributed by atoms with E-state index in [2.05, 4.69) is 72.0 Å². The maximum atomic E-state index is 6.54. The van der Waals surface area contributed by atoms with Gasteiger partial charge in [0.2, 0.25) is 8.32 Å². The molecule has 0 aliphatic carbocycles. The van der Waals surface area contributed by atoms with Gasteiger partial charge in [0, 0.05) is 5.75 Å². The third kappa shape index (κ3) is 2.46. The highest BCUT2D eigenvalue weighted by Gasteiger charge is 2.38. The van der Waals surface area contributed by atoms with E-state index < -0.39 is 8.32 Å². The normalized spacial score (nSPS) is 13.0. The predicted molar refractivity (Wildman–Crippen MR) is 86.8 cm³/mol. The molecule has 2 aromatic carbocycles. The van der Waals surface area contributed by atoms with E-state index in [4.69, 9.17) is 4.43 Å². The number of benzene rings is 1. The molecule has 0 bridgehead atoms. The molecule has 0 unspecified atom stereocenters. The minimum atomic E-state index is -1.78. The van der Waals surface area contributed by atoms with E-state index >= 15 is 0 Å². The highest BCUT2D eigenvalue weighted by atomic mass is 28.4. The molecule has 0 spiro atoms. The van der Waals surface area contributed by atoms with E-state index in [1.807, 2.05) is 0 Å². The summed E-state index contributed by atoms with van der Waals surface area (Å²) < 4.78 is 6.54. The van der Waals surface area contributed by atoms with E-state index in [0.717, 1.165) is 5.75 Å². The molecule has 0 atom stereocenters. The van der Waals surface area contributed by atoms with E-state index in [-0.39, 0.29) is 5.04 Å². The van der Waals surface area contributed by atoms with Crippen molar-refractivity contribution in [3.05, 3.63) is 35.4 Å². The van der Waals surface area contributed by atoms with Crippen molar-refractivity contribution < 1.29 is 4.43 Å². The molecule has 0 radical (unpaired) electrons. The Balaban J connectivity index is 2.51. The summed E-state index contributed by atoms with van der Waals surface area (Å²) in [5.41, 5.74) is 2.53. The fraction of sp³-hybridized carbons (Fsp3) is 0.471. The first kappa shape index (κ1) is 14.3. The van der Waals surface area contributed by atoms with Gasteiger partial charge in [0.15, 0.2) is 0 Å². The zero-order valence-electron chi connectivity index (χ0n) is 13.2. The van der Waals surface area contributed by atoms with Crippen LogP contribution in [-0.4, -0.2) is 8.32 Å². The summed E-state index contributed by atoms with van der Waals surface area (Å²) in [4.78, 5) is 0. The topological polar surface area (TPSA) is 9.23 Å². The molecule has 0 aliphatic heterocycles. The van der Waals surface area contributed by atoms with Gasteiger partial charge in [-0.1, -0.05) is 44.2 Å². The minimum Gasteiger partial charge on any atom is -0.577 e. The molecule has 2 heteroatoms. The van der Waals surface area contributed by atoms with Gasteiger partial charge in [0.05, 0.1) is 0 Å². The number of fused-ring (bicyclic) bond motifs is 1. The lowest BCUT2D eigenvalue weighted by molar-refractivity contribution is 0.487. The van der Waals surface area contributed by atoms with Crippen LogP contribution in [0, 0.1) is 13.8 Å². The van der Waals surface area contributed by atoms with Crippen molar-refractivity contribution in [2.75, 3.05) is 0 Å². The molecule has 2 aromatic rings. The molecule has 0 amide bonds. The van der Waals surface area contributed by atoms with Gasteiger partial charge in [-0.25, -0.2) is 0 Å². The molecule has 1 nitrogen and oxygen atoms in total. The molecule has 0 heterocycles. The first-order valence-electron chi connectivity index (χ1n) is 6.98. The molecular formula is C17H25OSi-. The van der Waals surface area contributed by atoms with E-state index in [0.29, 0.717) is 0 Å². The molecule has 0 saturated heterocycles. The lowest BCUT2D eigenvalue weighted by atomic mass is 10.1. The molecule has 0 N–H and O–H groups in total. The van der Waals surface area contributed by atoms with Crippen LogP contribution in [0.3, 0.4) is 0 Å². The average Bonchev–Trinajstić information content (AvgIpc) is 2.70. The molecule has 0 aromatic heterocycles. The van der Waals surface area contributed by atoms with Gasteiger partial charge in [-0.3, -0.25) is 0 Å². The monoisotopic (exact) mass is 273 g/mol. The summed E-state index contributed by atoms with van der Waals surface area (Å²) in [5, 5.41) is 2.87. The van der Waals surface area contributed by atoms with Crippen LogP contribution < -0.4 is 4.43 Å². The summed E-state index contributed by atoms with van der Waals surface area (Å²) in [5.74, 6) is 1.10. The maximum Gasteiger partial charge on any atom is 0.239 e. The van der Waals surface area contributed by atoms with Crippen LogP contribution in [0.25, 0.3) is 10.8 Å². The molecule has 2 rings (SSSR count). The number of rotatable bonds is 2. The van der Waals surface area contributed by atoms with Crippen LogP contribution in [-0.2, 0) is 0 Å². The number of hydrogen-bond donors (Lipinski definition) is 0. The zero-order valence-corrected chi connectivity index (χ0v) is 14.2. The first-order valence-corrected chi connectivity index (χ1v) is 9.89. The van der Waals surface area contributed by atoms with Gasteiger partial charge in [-0.05, 0) is 25.1 Å². The Morgan fingerprint density at radius 1 is 1.16 bits per heavy atom. The second-order valence-electron chi connectivity index (χ2n) is 7.04. The van der Waals surface area contributed by atoms with Gasteiger partial charge in [0.25, 0.3) is 0 Å². The summed E-state index contributed by atoms with van der Waals surface area (Å²) in [6, 6.07) is 8.71. The van der Waals surface area contributed by atoms with Crippen molar-refractivity contribution in [2.45, 2.75) is 52.8 Å². The third-order valence-electron chi connectivity index (χ3n) is 4.49. The second kappa shape index (κ2) is 4.45. The Kier molecular flexibility index (Phi) is 3.34.